The summed E-state index contributed by atoms with van der Waals surface area (Å²) in [6, 6.07) is 13.8. The molecule has 2 aromatic rings. The maximum Gasteiger partial charge on any atom is 0.175 e. The summed E-state index contributed by atoms with van der Waals surface area (Å²) in [6.07, 6.45) is 5.48. The van der Waals surface area contributed by atoms with Crippen molar-refractivity contribution in [3.63, 3.8) is 0 Å². The van der Waals surface area contributed by atoms with Gasteiger partial charge in [-0.25, -0.2) is 8.42 Å². The molecule has 1 fully saturated rings. The predicted octanol–water partition coefficient (Wildman–Crippen LogP) is 3.69. The van der Waals surface area contributed by atoms with Crippen LogP contribution < -0.4 is 9.80 Å². The number of anilines is 2. The van der Waals surface area contributed by atoms with Crippen molar-refractivity contribution in [1.82, 2.24) is 0 Å². The Balaban J connectivity index is 1.76. The first-order chi connectivity index (χ1) is 13.6. The lowest BCUT2D eigenvalue weighted by Crippen LogP contribution is -2.51. The van der Waals surface area contributed by atoms with E-state index in [1.54, 1.807) is 6.07 Å². The Morgan fingerprint density at radius 3 is 2.41 bits per heavy atom. The molecule has 2 aliphatic rings. The second-order valence-corrected chi connectivity index (χ2v) is 10.6. The average molecular weight is 413 g/mol. The van der Waals surface area contributed by atoms with Gasteiger partial charge in [0, 0.05) is 43.7 Å². The number of rotatable bonds is 4. The van der Waals surface area contributed by atoms with Gasteiger partial charge in [0.15, 0.2) is 15.6 Å². The zero-order valence-electron chi connectivity index (χ0n) is 17.6. The smallest absolute Gasteiger partial charge is 0.175 e. The van der Waals surface area contributed by atoms with Gasteiger partial charge in [0.2, 0.25) is 0 Å². The summed E-state index contributed by atoms with van der Waals surface area (Å²) in [5, 5.41) is 0. The molecule has 5 nitrogen and oxygen atoms in total. The lowest BCUT2D eigenvalue weighted by molar-refractivity contribution is 0.000294. The molecule has 6 heteroatoms. The molecule has 0 radical (unpaired) electrons. The van der Waals surface area contributed by atoms with Crippen LogP contribution in [0.4, 0.5) is 11.4 Å². The standard InChI is InChI=1S/C23H28N2O3S/c1-22(2)20-16-19(29(5,26)27)10-11-21(20)25-14-15-28-23(22,25)13-12-17-6-8-18(9-7-17)24(3)4/h6-13,16H,14-15H2,1-5H3/b13-12+. The molecular formula is C23H28N2O3S. The summed E-state index contributed by atoms with van der Waals surface area (Å²) in [5.74, 6) is 0. The van der Waals surface area contributed by atoms with E-state index in [4.69, 9.17) is 4.74 Å². The summed E-state index contributed by atoms with van der Waals surface area (Å²) < 4.78 is 30.5. The van der Waals surface area contributed by atoms with Crippen LogP contribution in [-0.2, 0) is 20.0 Å². The molecule has 2 aliphatic heterocycles. The Kier molecular flexibility index (Phi) is 4.55. The van der Waals surface area contributed by atoms with Gasteiger partial charge in [-0.15, -0.1) is 0 Å². The molecule has 0 spiro atoms. The van der Waals surface area contributed by atoms with Crippen LogP contribution >= 0.6 is 0 Å². The van der Waals surface area contributed by atoms with E-state index in [1.807, 2.05) is 26.2 Å². The van der Waals surface area contributed by atoms with Crippen molar-refractivity contribution < 1.29 is 13.2 Å². The van der Waals surface area contributed by atoms with Crippen LogP contribution in [-0.4, -0.2) is 47.6 Å². The zero-order chi connectivity index (χ0) is 21.0. The molecule has 4 rings (SSSR count). The number of hydrogen-bond acceptors (Lipinski definition) is 5. The van der Waals surface area contributed by atoms with E-state index >= 15 is 0 Å². The fourth-order valence-electron chi connectivity index (χ4n) is 4.47. The largest absolute Gasteiger partial charge is 0.378 e. The van der Waals surface area contributed by atoms with E-state index in [9.17, 15) is 8.42 Å². The number of nitrogens with zero attached hydrogens (tertiary/aromatic N) is 2. The van der Waals surface area contributed by atoms with E-state index in [0.717, 1.165) is 29.0 Å². The van der Waals surface area contributed by atoms with Crippen molar-refractivity contribution in [2.24, 2.45) is 0 Å². The summed E-state index contributed by atoms with van der Waals surface area (Å²) in [6.45, 7) is 5.67. The number of sulfone groups is 1. The first-order valence-electron chi connectivity index (χ1n) is 9.79. The molecule has 0 aromatic heterocycles. The van der Waals surface area contributed by atoms with Gasteiger partial charge in [0.05, 0.1) is 11.5 Å². The van der Waals surface area contributed by atoms with Crippen molar-refractivity contribution >= 4 is 27.3 Å². The van der Waals surface area contributed by atoms with Crippen LogP contribution in [0.3, 0.4) is 0 Å². The number of hydrogen-bond donors (Lipinski definition) is 0. The third-order valence-electron chi connectivity index (χ3n) is 6.20. The van der Waals surface area contributed by atoms with E-state index in [2.05, 4.69) is 60.1 Å². The Morgan fingerprint density at radius 1 is 1.10 bits per heavy atom. The average Bonchev–Trinajstić information content (AvgIpc) is 3.17. The molecule has 1 saturated heterocycles. The Bertz CT molecular complexity index is 1070. The van der Waals surface area contributed by atoms with Gasteiger partial charge >= 0.3 is 0 Å². The maximum atomic E-state index is 12.1. The summed E-state index contributed by atoms with van der Waals surface area (Å²) >= 11 is 0. The topological polar surface area (TPSA) is 49.9 Å². The van der Waals surface area contributed by atoms with Gasteiger partial charge in [-0.05, 0) is 47.5 Å². The second kappa shape index (κ2) is 6.61. The lowest BCUT2D eigenvalue weighted by Gasteiger charge is -2.39. The maximum absolute atomic E-state index is 12.1. The minimum Gasteiger partial charge on any atom is -0.378 e. The van der Waals surface area contributed by atoms with Crippen molar-refractivity contribution in [3.05, 3.63) is 59.7 Å². The molecule has 0 saturated carbocycles. The summed E-state index contributed by atoms with van der Waals surface area (Å²) in [4.78, 5) is 4.69. The second-order valence-electron chi connectivity index (χ2n) is 8.59. The van der Waals surface area contributed by atoms with Gasteiger partial charge in [-0.1, -0.05) is 32.1 Å². The molecule has 1 unspecified atom stereocenters. The molecule has 2 heterocycles. The lowest BCUT2D eigenvalue weighted by atomic mass is 9.77. The molecule has 154 valence electrons. The third-order valence-corrected chi connectivity index (χ3v) is 7.32. The molecule has 0 amide bonds. The van der Waals surface area contributed by atoms with E-state index in [1.165, 1.54) is 6.26 Å². The van der Waals surface area contributed by atoms with Crippen molar-refractivity contribution in [2.45, 2.75) is 29.9 Å². The molecule has 2 aromatic carbocycles. The van der Waals surface area contributed by atoms with Crippen LogP contribution in [0.5, 0.6) is 0 Å². The molecule has 1 atom stereocenters. The van der Waals surface area contributed by atoms with Crippen LogP contribution in [0.1, 0.15) is 25.0 Å². The first-order valence-corrected chi connectivity index (χ1v) is 11.7. The molecule has 0 bridgehead atoms. The highest BCUT2D eigenvalue weighted by molar-refractivity contribution is 7.90. The SMILES string of the molecule is CN(C)c1ccc(/C=C/C23OCCN2c2ccc(S(C)(=O)=O)cc2C3(C)C)cc1. The Labute approximate surface area is 173 Å². The van der Waals surface area contributed by atoms with Crippen LogP contribution in [0.2, 0.25) is 0 Å². The highest BCUT2D eigenvalue weighted by atomic mass is 32.2. The van der Waals surface area contributed by atoms with Crippen molar-refractivity contribution in [1.29, 1.82) is 0 Å². The number of ether oxygens (including phenoxy) is 1. The van der Waals surface area contributed by atoms with Crippen molar-refractivity contribution in [2.75, 3.05) is 43.3 Å². The van der Waals surface area contributed by atoms with E-state index in [-0.39, 0.29) is 0 Å². The molecule has 0 aliphatic carbocycles. The summed E-state index contributed by atoms with van der Waals surface area (Å²) in [5.41, 5.74) is 3.27. The van der Waals surface area contributed by atoms with E-state index < -0.39 is 21.0 Å². The van der Waals surface area contributed by atoms with Gasteiger partial charge in [0.25, 0.3) is 0 Å². The highest BCUT2D eigenvalue weighted by Crippen LogP contribution is 2.55. The van der Waals surface area contributed by atoms with Gasteiger partial charge < -0.3 is 14.5 Å². The fourth-order valence-corrected chi connectivity index (χ4v) is 5.11. The quantitative estimate of drug-likeness (QED) is 0.767. The normalized spacial score (nSPS) is 22.7. The Morgan fingerprint density at radius 2 is 1.79 bits per heavy atom. The predicted molar refractivity (Wildman–Crippen MR) is 118 cm³/mol. The minimum atomic E-state index is -3.27. The van der Waals surface area contributed by atoms with Crippen LogP contribution in [0.15, 0.2) is 53.4 Å². The van der Waals surface area contributed by atoms with Crippen molar-refractivity contribution in [3.8, 4) is 0 Å². The molecular weight excluding hydrogens is 384 g/mol. The first kappa shape index (κ1) is 20.0. The number of fused-ring (bicyclic) bond motifs is 3. The summed E-state index contributed by atoms with van der Waals surface area (Å²) in [7, 11) is 0.784. The van der Waals surface area contributed by atoms with Gasteiger partial charge in [0.1, 0.15) is 0 Å². The van der Waals surface area contributed by atoms with E-state index in [0.29, 0.717) is 11.5 Å². The number of benzene rings is 2. The Hall–Kier alpha value is -2.31. The van der Waals surface area contributed by atoms with Gasteiger partial charge in [-0.3, -0.25) is 0 Å². The van der Waals surface area contributed by atoms with Crippen LogP contribution in [0, 0.1) is 0 Å². The zero-order valence-corrected chi connectivity index (χ0v) is 18.5. The monoisotopic (exact) mass is 412 g/mol. The van der Waals surface area contributed by atoms with Gasteiger partial charge in [-0.2, -0.15) is 0 Å². The molecule has 0 N–H and O–H groups in total. The minimum absolute atomic E-state index is 0.351. The van der Waals surface area contributed by atoms with Crippen LogP contribution in [0.25, 0.3) is 6.08 Å². The third kappa shape index (κ3) is 3.06. The highest BCUT2D eigenvalue weighted by Gasteiger charge is 2.59. The molecule has 29 heavy (non-hydrogen) atoms. The fraction of sp³-hybridized carbons (Fsp3) is 0.391.